The van der Waals surface area contributed by atoms with Crippen LogP contribution in [-0.2, 0) is 4.74 Å². The highest BCUT2D eigenvalue weighted by Crippen LogP contribution is 2.27. The maximum absolute atomic E-state index is 13.6. The van der Waals surface area contributed by atoms with Gasteiger partial charge in [-0.2, -0.15) is 0 Å². The quantitative estimate of drug-likeness (QED) is 0.832. The normalized spacial score (nSPS) is 13.8. The molecule has 0 spiro atoms. The minimum atomic E-state index is -0.268. The molecule has 0 aliphatic rings. The summed E-state index contributed by atoms with van der Waals surface area (Å²) in [7, 11) is 3.51. The molecule has 1 rings (SSSR count). The van der Waals surface area contributed by atoms with Gasteiger partial charge < -0.3 is 10.1 Å². The number of hydrogen-bond donors (Lipinski definition) is 1. The fourth-order valence-electron chi connectivity index (χ4n) is 1.70. The first-order valence-corrected chi connectivity index (χ1v) is 5.47. The Hall–Kier alpha value is -0.930. The Balaban J connectivity index is 2.87. The van der Waals surface area contributed by atoms with Gasteiger partial charge in [-0.1, -0.05) is 18.2 Å². The minimum absolute atomic E-state index is 0.0313. The van der Waals surface area contributed by atoms with Crippen molar-refractivity contribution in [2.24, 2.45) is 0 Å². The van der Waals surface area contributed by atoms with Crippen LogP contribution in [0, 0.1) is 5.82 Å². The van der Waals surface area contributed by atoms with Gasteiger partial charge in [-0.3, -0.25) is 0 Å². The molecule has 1 N–H and O–H groups in total. The van der Waals surface area contributed by atoms with E-state index in [1.54, 1.807) is 13.2 Å². The number of benzene rings is 1. The summed E-state index contributed by atoms with van der Waals surface area (Å²) in [5.74, 6) is -0.172. The van der Waals surface area contributed by atoms with Crippen LogP contribution in [0.15, 0.2) is 24.3 Å². The van der Waals surface area contributed by atoms with Gasteiger partial charge in [0.05, 0.1) is 5.60 Å². The SMILES string of the molecule is CNC(CC(C)(C)OC)c1ccccc1F. The van der Waals surface area contributed by atoms with Crippen molar-refractivity contribution in [3.63, 3.8) is 0 Å². The Morgan fingerprint density at radius 1 is 1.38 bits per heavy atom. The van der Waals surface area contributed by atoms with Crippen LogP contribution < -0.4 is 5.32 Å². The summed E-state index contributed by atoms with van der Waals surface area (Å²) in [6.07, 6.45) is 0.723. The maximum atomic E-state index is 13.6. The summed E-state index contributed by atoms with van der Waals surface area (Å²) in [6.45, 7) is 4.00. The van der Waals surface area contributed by atoms with Crippen molar-refractivity contribution >= 4 is 0 Å². The molecular weight excluding hydrogens is 205 g/mol. The molecule has 1 atom stereocenters. The molecule has 0 aliphatic carbocycles. The van der Waals surface area contributed by atoms with Crippen molar-refractivity contribution in [1.82, 2.24) is 5.32 Å². The zero-order valence-corrected chi connectivity index (χ0v) is 10.4. The monoisotopic (exact) mass is 225 g/mol. The maximum Gasteiger partial charge on any atom is 0.127 e. The zero-order valence-electron chi connectivity index (χ0n) is 10.4. The Morgan fingerprint density at radius 3 is 2.50 bits per heavy atom. The summed E-state index contributed by atoms with van der Waals surface area (Å²) in [5.41, 5.74) is 0.422. The molecule has 1 aromatic rings. The lowest BCUT2D eigenvalue weighted by Crippen LogP contribution is -2.30. The van der Waals surface area contributed by atoms with E-state index in [4.69, 9.17) is 4.74 Å². The molecule has 0 aromatic heterocycles. The topological polar surface area (TPSA) is 21.3 Å². The molecule has 16 heavy (non-hydrogen) atoms. The van der Waals surface area contributed by atoms with Crippen LogP contribution >= 0.6 is 0 Å². The van der Waals surface area contributed by atoms with Crippen molar-refractivity contribution in [2.75, 3.05) is 14.2 Å². The van der Waals surface area contributed by atoms with Crippen molar-refractivity contribution in [1.29, 1.82) is 0 Å². The minimum Gasteiger partial charge on any atom is -0.379 e. The summed E-state index contributed by atoms with van der Waals surface area (Å²) in [4.78, 5) is 0. The average molecular weight is 225 g/mol. The predicted molar refractivity (Wildman–Crippen MR) is 63.9 cm³/mol. The fraction of sp³-hybridized carbons (Fsp3) is 0.538. The zero-order chi connectivity index (χ0) is 12.2. The second-order valence-electron chi connectivity index (χ2n) is 4.53. The van der Waals surface area contributed by atoms with Gasteiger partial charge in [-0.15, -0.1) is 0 Å². The van der Waals surface area contributed by atoms with Gasteiger partial charge in [-0.05, 0) is 33.4 Å². The second kappa shape index (κ2) is 5.41. The number of methoxy groups -OCH3 is 1. The van der Waals surface area contributed by atoms with Crippen molar-refractivity contribution in [3.8, 4) is 0 Å². The van der Waals surface area contributed by atoms with Gasteiger partial charge in [0.1, 0.15) is 5.82 Å². The van der Waals surface area contributed by atoms with Gasteiger partial charge in [0, 0.05) is 18.7 Å². The molecule has 90 valence electrons. The van der Waals surface area contributed by atoms with Crippen LogP contribution in [0.1, 0.15) is 31.9 Å². The molecular formula is C13H20FNO. The molecule has 1 unspecified atom stereocenters. The Labute approximate surface area is 96.8 Å². The van der Waals surface area contributed by atoms with E-state index in [0.29, 0.717) is 5.56 Å². The number of nitrogens with one attached hydrogen (secondary N) is 1. The summed E-state index contributed by atoms with van der Waals surface area (Å²) in [5, 5.41) is 3.13. The third-order valence-electron chi connectivity index (χ3n) is 2.88. The lowest BCUT2D eigenvalue weighted by Gasteiger charge is -2.28. The smallest absolute Gasteiger partial charge is 0.127 e. The first-order chi connectivity index (χ1) is 7.50. The van der Waals surface area contributed by atoms with E-state index < -0.39 is 0 Å². The molecule has 0 saturated carbocycles. The highest BCUT2D eigenvalue weighted by Gasteiger charge is 2.24. The van der Waals surface area contributed by atoms with E-state index in [9.17, 15) is 4.39 Å². The van der Waals surface area contributed by atoms with Crippen molar-refractivity contribution in [3.05, 3.63) is 35.6 Å². The number of rotatable bonds is 5. The predicted octanol–water partition coefficient (Wildman–Crippen LogP) is 2.90. The van der Waals surface area contributed by atoms with E-state index in [1.807, 2.05) is 33.0 Å². The number of halogens is 1. The van der Waals surface area contributed by atoms with Crippen LogP contribution in [0.25, 0.3) is 0 Å². The number of ether oxygens (including phenoxy) is 1. The molecule has 0 radical (unpaired) electrons. The van der Waals surface area contributed by atoms with Crippen molar-refractivity contribution in [2.45, 2.75) is 31.9 Å². The Bertz CT molecular complexity index is 338. The van der Waals surface area contributed by atoms with Gasteiger partial charge in [0.15, 0.2) is 0 Å². The van der Waals surface area contributed by atoms with E-state index in [2.05, 4.69) is 5.32 Å². The fourth-order valence-corrected chi connectivity index (χ4v) is 1.70. The van der Waals surface area contributed by atoms with E-state index in [1.165, 1.54) is 6.07 Å². The van der Waals surface area contributed by atoms with Crippen LogP contribution in [0.3, 0.4) is 0 Å². The molecule has 1 aromatic carbocycles. The standard InChI is InChI=1S/C13H20FNO/c1-13(2,16-4)9-12(15-3)10-7-5-6-8-11(10)14/h5-8,12,15H,9H2,1-4H3. The largest absolute Gasteiger partial charge is 0.379 e. The van der Waals surface area contributed by atoms with E-state index in [0.717, 1.165) is 6.42 Å². The highest BCUT2D eigenvalue weighted by molar-refractivity contribution is 5.21. The second-order valence-corrected chi connectivity index (χ2v) is 4.53. The lowest BCUT2D eigenvalue weighted by atomic mass is 9.93. The van der Waals surface area contributed by atoms with Gasteiger partial charge >= 0.3 is 0 Å². The average Bonchev–Trinajstić information content (AvgIpc) is 2.27. The molecule has 0 aliphatic heterocycles. The van der Waals surface area contributed by atoms with Crippen molar-refractivity contribution < 1.29 is 9.13 Å². The van der Waals surface area contributed by atoms with Crippen LogP contribution in [-0.4, -0.2) is 19.8 Å². The molecule has 0 amide bonds. The molecule has 0 saturated heterocycles. The molecule has 2 nitrogen and oxygen atoms in total. The third-order valence-corrected chi connectivity index (χ3v) is 2.88. The first-order valence-electron chi connectivity index (χ1n) is 5.47. The van der Waals surface area contributed by atoms with Gasteiger partial charge in [0.25, 0.3) is 0 Å². The van der Waals surface area contributed by atoms with E-state index in [-0.39, 0.29) is 17.5 Å². The summed E-state index contributed by atoms with van der Waals surface area (Å²) >= 11 is 0. The lowest BCUT2D eigenvalue weighted by molar-refractivity contribution is 0.00719. The molecule has 0 fully saturated rings. The van der Waals surface area contributed by atoms with Gasteiger partial charge in [0.2, 0.25) is 0 Å². The molecule has 0 bridgehead atoms. The summed E-state index contributed by atoms with van der Waals surface area (Å²) < 4.78 is 19.0. The van der Waals surface area contributed by atoms with Crippen LogP contribution in [0.2, 0.25) is 0 Å². The Morgan fingerprint density at radius 2 is 2.00 bits per heavy atom. The third kappa shape index (κ3) is 3.29. The molecule has 0 heterocycles. The Kier molecular flexibility index (Phi) is 4.44. The van der Waals surface area contributed by atoms with Gasteiger partial charge in [-0.25, -0.2) is 4.39 Å². The van der Waals surface area contributed by atoms with Crippen LogP contribution in [0.5, 0.6) is 0 Å². The van der Waals surface area contributed by atoms with E-state index >= 15 is 0 Å². The van der Waals surface area contributed by atoms with Crippen LogP contribution in [0.4, 0.5) is 4.39 Å². The number of hydrogen-bond acceptors (Lipinski definition) is 2. The summed E-state index contributed by atoms with van der Waals surface area (Å²) in [6, 6.07) is 6.81. The molecule has 3 heteroatoms. The first kappa shape index (κ1) is 13.1. The highest BCUT2D eigenvalue weighted by atomic mass is 19.1.